The lowest BCUT2D eigenvalue weighted by atomic mass is 10.1. The zero-order chi connectivity index (χ0) is 29.0. The summed E-state index contributed by atoms with van der Waals surface area (Å²) in [6.45, 7) is 1.47. The van der Waals surface area contributed by atoms with E-state index in [2.05, 4.69) is 31.3 Å². The molecule has 40 heavy (non-hydrogen) atoms. The van der Waals surface area contributed by atoms with Crippen molar-refractivity contribution in [2.75, 3.05) is 23.9 Å². The minimum Gasteiger partial charge on any atom is -0.483 e. The summed E-state index contributed by atoms with van der Waals surface area (Å²) >= 11 is 9.46. The van der Waals surface area contributed by atoms with E-state index in [0.717, 1.165) is 10.5 Å². The standard InChI is InChI=1S/C28H21BrClN3O7/c1-15-3-7-19(13-22(15)30)31-24(34)14-40-23-10-6-18(29)11-17(23)12-21-25(35)32-28(38)33(26(21)36)20-8-4-16(5-9-20)27(37)39-2/h3-13H,14H2,1-2H3,(H,31,34)(H,32,35,38)/b21-12-. The molecule has 1 fully saturated rings. The molecule has 1 aliphatic heterocycles. The Labute approximate surface area is 242 Å². The molecule has 1 aliphatic rings. The van der Waals surface area contributed by atoms with E-state index in [9.17, 15) is 24.0 Å². The monoisotopic (exact) mass is 625 g/mol. The normalized spacial score (nSPS) is 14.2. The van der Waals surface area contributed by atoms with Crippen molar-refractivity contribution in [2.24, 2.45) is 0 Å². The molecule has 3 aromatic rings. The van der Waals surface area contributed by atoms with Gasteiger partial charge in [-0.15, -0.1) is 0 Å². The largest absolute Gasteiger partial charge is 0.483 e. The van der Waals surface area contributed by atoms with Crippen LogP contribution in [0.5, 0.6) is 5.75 Å². The van der Waals surface area contributed by atoms with Crippen LogP contribution in [0.4, 0.5) is 16.2 Å². The van der Waals surface area contributed by atoms with Crippen molar-refractivity contribution in [3.8, 4) is 5.75 Å². The summed E-state index contributed by atoms with van der Waals surface area (Å²) < 4.78 is 11.0. The molecule has 2 N–H and O–H groups in total. The zero-order valence-corrected chi connectivity index (χ0v) is 23.5. The number of aryl methyl sites for hydroxylation is 1. The number of imide groups is 2. The number of methoxy groups -OCH3 is 1. The van der Waals surface area contributed by atoms with Crippen LogP contribution < -0.4 is 20.3 Å². The highest BCUT2D eigenvalue weighted by Crippen LogP contribution is 2.28. The molecule has 0 bridgehead atoms. The van der Waals surface area contributed by atoms with Crippen molar-refractivity contribution in [2.45, 2.75) is 6.92 Å². The maximum absolute atomic E-state index is 13.3. The highest BCUT2D eigenvalue weighted by atomic mass is 79.9. The minimum absolute atomic E-state index is 0.132. The zero-order valence-electron chi connectivity index (χ0n) is 21.1. The summed E-state index contributed by atoms with van der Waals surface area (Å²) in [5.74, 6) is -2.63. The number of esters is 1. The lowest BCUT2D eigenvalue weighted by Gasteiger charge is -2.26. The van der Waals surface area contributed by atoms with Crippen LogP contribution in [0, 0.1) is 6.92 Å². The Morgan fingerprint density at radius 2 is 1.77 bits per heavy atom. The van der Waals surface area contributed by atoms with Crippen LogP contribution in [0.15, 0.2) is 70.7 Å². The molecule has 204 valence electrons. The molecule has 10 nitrogen and oxygen atoms in total. The summed E-state index contributed by atoms with van der Waals surface area (Å²) in [5, 5.41) is 5.33. The molecule has 12 heteroatoms. The maximum atomic E-state index is 13.3. The maximum Gasteiger partial charge on any atom is 0.337 e. The first-order valence-corrected chi connectivity index (χ1v) is 12.8. The van der Waals surface area contributed by atoms with Crippen molar-refractivity contribution in [1.82, 2.24) is 5.32 Å². The van der Waals surface area contributed by atoms with E-state index in [1.54, 1.807) is 36.4 Å². The number of carbonyl (C=O) groups excluding carboxylic acids is 5. The van der Waals surface area contributed by atoms with Crippen molar-refractivity contribution < 1.29 is 33.4 Å². The van der Waals surface area contributed by atoms with Crippen molar-refractivity contribution in [1.29, 1.82) is 0 Å². The molecule has 1 heterocycles. The van der Waals surface area contributed by atoms with Gasteiger partial charge in [0.25, 0.3) is 17.7 Å². The van der Waals surface area contributed by atoms with E-state index >= 15 is 0 Å². The third-order valence-electron chi connectivity index (χ3n) is 5.73. The van der Waals surface area contributed by atoms with Crippen LogP contribution in [-0.4, -0.2) is 43.4 Å². The second-order valence-corrected chi connectivity index (χ2v) is 9.80. The molecule has 4 rings (SSSR count). The van der Waals surface area contributed by atoms with Crippen molar-refractivity contribution in [3.05, 3.63) is 92.4 Å². The van der Waals surface area contributed by atoms with E-state index in [-0.39, 0.29) is 29.2 Å². The molecule has 0 atom stereocenters. The Morgan fingerprint density at radius 3 is 2.45 bits per heavy atom. The number of carbonyl (C=O) groups is 5. The predicted molar refractivity (Wildman–Crippen MR) is 151 cm³/mol. The van der Waals surface area contributed by atoms with Crippen LogP contribution in [0.2, 0.25) is 5.02 Å². The molecule has 0 aromatic heterocycles. The number of ether oxygens (including phenoxy) is 2. The van der Waals surface area contributed by atoms with Crippen LogP contribution in [0.3, 0.4) is 0 Å². The smallest absolute Gasteiger partial charge is 0.337 e. The van der Waals surface area contributed by atoms with Gasteiger partial charge in [-0.05, 0) is 73.2 Å². The van der Waals surface area contributed by atoms with Gasteiger partial charge in [0.05, 0.1) is 18.4 Å². The third kappa shape index (κ3) is 6.38. The van der Waals surface area contributed by atoms with Crippen LogP contribution in [0.1, 0.15) is 21.5 Å². The Bertz CT molecular complexity index is 1570. The third-order valence-corrected chi connectivity index (χ3v) is 6.63. The van der Waals surface area contributed by atoms with E-state index in [1.165, 1.54) is 37.5 Å². The molecule has 1 saturated heterocycles. The Kier molecular flexibility index (Phi) is 8.66. The van der Waals surface area contributed by atoms with Gasteiger partial charge in [-0.2, -0.15) is 0 Å². The molecular formula is C28H21BrClN3O7. The fourth-order valence-corrected chi connectivity index (χ4v) is 4.25. The topological polar surface area (TPSA) is 131 Å². The molecule has 0 spiro atoms. The van der Waals surface area contributed by atoms with Gasteiger partial charge >= 0.3 is 12.0 Å². The Morgan fingerprint density at radius 1 is 1.05 bits per heavy atom. The van der Waals surface area contributed by atoms with E-state index in [4.69, 9.17) is 16.3 Å². The number of benzene rings is 3. The quantitative estimate of drug-likeness (QED) is 0.217. The fourth-order valence-electron chi connectivity index (χ4n) is 3.69. The van der Waals surface area contributed by atoms with E-state index < -0.39 is 29.7 Å². The minimum atomic E-state index is -0.948. The van der Waals surface area contributed by atoms with Gasteiger partial charge in [0, 0.05) is 20.7 Å². The number of nitrogens with one attached hydrogen (secondary N) is 2. The molecule has 0 saturated carbocycles. The molecule has 3 aromatic carbocycles. The lowest BCUT2D eigenvalue weighted by molar-refractivity contribution is -0.122. The average Bonchev–Trinajstić information content (AvgIpc) is 2.92. The molecule has 0 radical (unpaired) electrons. The van der Waals surface area contributed by atoms with Gasteiger partial charge in [-0.25, -0.2) is 14.5 Å². The number of rotatable bonds is 7. The van der Waals surface area contributed by atoms with Gasteiger partial charge in [-0.1, -0.05) is 33.6 Å². The second-order valence-electron chi connectivity index (χ2n) is 8.48. The first-order chi connectivity index (χ1) is 19.1. The van der Waals surface area contributed by atoms with Gasteiger partial charge < -0.3 is 14.8 Å². The van der Waals surface area contributed by atoms with Crippen LogP contribution in [-0.2, 0) is 19.1 Å². The van der Waals surface area contributed by atoms with Gasteiger partial charge in [0.1, 0.15) is 11.3 Å². The number of hydrogen-bond acceptors (Lipinski definition) is 7. The summed E-state index contributed by atoms with van der Waals surface area (Å²) in [6, 6.07) is 14.5. The van der Waals surface area contributed by atoms with Gasteiger partial charge in [0.15, 0.2) is 6.61 Å². The predicted octanol–water partition coefficient (Wildman–Crippen LogP) is 4.88. The number of hydrogen-bond donors (Lipinski definition) is 2. The SMILES string of the molecule is COC(=O)c1ccc(N2C(=O)NC(=O)/C(=C/c3cc(Br)ccc3OCC(=O)Nc3ccc(C)c(Cl)c3)C2=O)cc1. The van der Waals surface area contributed by atoms with Crippen LogP contribution in [0.25, 0.3) is 6.08 Å². The van der Waals surface area contributed by atoms with Gasteiger partial charge in [0.2, 0.25) is 0 Å². The fraction of sp³-hybridized carbons (Fsp3) is 0.107. The average molecular weight is 627 g/mol. The first kappa shape index (κ1) is 28.5. The lowest BCUT2D eigenvalue weighted by Crippen LogP contribution is -2.54. The van der Waals surface area contributed by atoms with Crippen LogP contribution >= 0.6 is 27.5 Å². The number of halogens is 2. The number of urea groups is 1. The number of anilines is 2. The Hall–Kier alpha value is -4.48. The summed E-state index contributed by atoms with van der Waals surface area (Å²) in [6.07, 6.45) is 1.26. The summed E-state index contributed by atoms with van der Waals surface area (Å²) in [7, 11) is 1.23. The van der Waals surface area contributed by atoms with Gasteiger partial charge in [-0.3, -0.25) is 19.7 Å². The second kappa shape index (κ2) is 12.1. The number of barbiturate groups is 1. The molecule has 5 amide bonds. The highest BCUT2D eigenvalue weighted by molar-refractivity contribution is 9.10. The van der Waals surface area contributed by atoms with Crippen molar-refractivity contribution in [3.63, 3.8) is 0 Å². The summed E-state index contributed by atoms with van der Waals surface area (Å²) in [4.78, 5) is 63.5. The van der Waals surface area contributed by atoms with Crippen molar-refractivity contribution >= 4 is 74.7 Å². The van der Waals surface area contributed by atoms with E-state index in [1.807, 2.05) is 6.92 Å². The molecule has 0 aliphatic carbocycles. The number of amides is 5. The van der Waals surface area contributed by atoms with E-state index in [0.29, 0.717) is 20.7 Å². The Balaban J connectivity index is 1.56. The summed E-state index contributed by atoms with van der Waals surface area (Å²) in [5.41, 5.74) is 1.66. The number of nitrogens with zero attached hydrogens (tertiary/aromatic N) is 1. The molecule has 0 unspecified atom stereocenters. The first-order valence-electron chi connectivity index (χ1n) is 11.7. The molecular weight excluding hydrogens is 606 g/mol. The highest BCUT2D eigenvalue weighted by Gasteiger charge is 2.37.